The molecule has 9 heteroatoms. The van der Waals surface area contributed by atoms with E-state index in [4.69, 9.17) is 9.84 Å². The Morgan fingerprint density at radius 3 is 2.68 bits per heavy atom. The Morgan fingerprint density at radius 1 is 1.42 bits per heavy atom. The van der Waals surface area contributed by atoms with Gasteiger partial charge in [-0.2, -0.15) is 1.33 Å². The second-order valence-electron chi connectivity index (χ2n) is 4.33. The van der Waals surface area contributed by atoms with E-state index in [1.807, 2.05) is 1.33 Å². The van der Waals surface area contributed by atoms with Gasteiger partial charge < -0.3 is 25.4 Å². The first kappa shape index (κ1) is 17.8. The van der Waals surface area contributed by atoms with Crippen molar-refractivity contribution in [2.45, 2.75) is 37.3 Å². The van der Waals surface area contributed by atoms with E-state index >= 15 is 0 Å². The first-order chi connectivity index (χ1) is 8.95. The molecule has 1 saturated heterocycles. The molecular formula is C10H18I2N2O5. The Morgan fingerprint density at radius 2 is 2.11 bits per heavy atom. The maximum atomic E-state index is 11.9. The molecule has 1 heterocycles. The zero-order valence-corrected chi connectivity index (χ0v) is 14.5. The summed E-state index contributed by atoms with van der Waals surface area (Å²) < 4.78 is 7.22. The summed E-state index contributed by atoms with van der Waals surface area (Å²) in [6.45, 7) is 0.997. The third kappa shape index (κ3) is 5.93. The van der Waals surface area contributed by atoms with Crippen LogP contribution in [0.5, 0.6) is 0 Å². The summed E-state index contributed by atoms with van der Waals surface area (Å²) >= 11 is 4.28. The van der Waals surface area contributed by atoms with E-state index in [-0.39, 0.29) is 13.0 Å². The Balaban J connectivity index is 2.40. The minimum absolute atomic E-state index is 0.125. The Hall–Kier alpha value is 0.730. The van der Waals surface area contributed by atoms with Gasteiger partial charge in [-0.3, -0.25) is 4.79 Å². The minimum atomic E-state index is -1.26. The summed E-state index contributed by atoms with van der Waals surface area (Å²) in [5.41, 5.74) is 0. The standard InChI is InChI=1S/C10H18I2N2O5/c11-14(12)3-1-2-13-10(18)9-8(17)7(16)4-6(5-15)19-9/h6-9,15-17H,1-5H2,(H,13,18)/t6?,7-,8-,9+/m1/s1. The number of hydrogen-bond donors (Lipinski definition) is 4. The fraction of sp³-hybridized carbons (Fsp3) is 0.900. The summed E-state index contributed by atoms with van der Waals surface area (Å²) in [7, 11) is 0. The van der Waals surface area contributed by atoms with Gasteiger partial charge in [0.15, 0.2) is 6.10 Å². The Bertz CT molecular complexity index is 295. The van der Waals surface area contributed by atoms with Crippen LogP contribution in [0.1, 0.15) is 12.8 Å². The summed E-state index contributed by atoms with van der Waals surface area (Å²) in [6.07, 6.45) is -3.16. The van der Waals surface area contributed by atoms with E-state index in [9.17, 15) is 15.0 Å². The SMILES string of the molecule is O=C(NCCCN(I)I)[C@H]1OC(CO)C[C@@H](O)[C@H]1O. The quantitative estimate of drug-likeness (QED) is 0.220. The fourth-order valence-corrected chi connectivity index (χ4v) is 2.48. The highest BCUT2D eigenvalue weighted by Gasteiger charge is 2.40. The van der Waals surface area contributed by atoms with Crippen LogP contribution >= 0.6 is 45.7 Å². The van der Waals surface area contributed by atoms with Gasteiger partial charge in [0.05, 0.1) is 18.8 Å². The Kier molecular flexibility index (Phi) is 8.32. The number of amides is 1. The maximum Gasteiger partial charge on any atom is 0.251 e. The highest BCUT2D eigenvalue weighted by atomic mass is 127. The number of nitrogens with one attached hydrogen (secondary N) is 1. The van der Waals surface area contributed by atoms with Gasteiger partial charge in [0.25, 0.3) is 5.91 Å². The molecule has 0 spiro atoms. The van der Waals surface area contributed by atoms with Crippen LogP contribution in [-0.2, 0) is 9.53 Å². The molecule has 1 rings (SSSR count). The molecule has 1 amide bonds. The van der Waals surface area contributed by atoms with Crippen LogP contribution in [0.4, 0.5) is 0 Å². The lowest BCUT2D eigenvalue weighted by Crippen LogP contribution is -2.55. The summed E-state index contributed by atoms with van der Waals surface area (Å²) in [5, 5.41) is 31.0. The van der Waals surface area contributed by atoms with E-state index in [2.05, 4.69) is 51.0 Å². The third-order valence-corrected chi connectivity index (χ3v) is 3.78. The maximum absolute atomic E-state index is 11.9. The molecule has 19 heavy (non-hydrogen) atoms. The molecular weight excluding hydrogens is 482 g/mol. The van der Waals surface area contributed by atoms with Gasteiger partial charge >= 0.3 is 0 Å². The molecule has 0 bridgehead atoms. The summed E-state index contributed by atoms with van der Waals surface area (Å²) in [4.78, 5) is 11.9. The molecule has 1 fully saturated rings. The average Bonchev–Trinajstić information content (AvgIpc) is 2.37. The van der Waals surface area contributed by atoms with Gasteiger partial charge in [-0.15, -0.1) is 0 Å². The number of rotatable bonds is 6. The molecule has 112 valence electrons. The van der Waals surface area contributed by atoms with Crippen molar-refractivity contribution in [2.24, 2.45) is 0 Å². The van der Waals surface area contributed by atoms with Crippen LogP contribution in [0.3, 0.4) is 0 Å². The molecule has 4 atom stereocenters. The summed E-state index contributed by atoms with van der Waals surface area (Å²) in [6, 6.07) is 0. The smallest absolute Gasteiger partial charge is 0.251 e. The monoisotopic (exact) mass is 500 g/mol. The molecule has 0 aromatic heterocycles. The predicted octanol–water partition coefficient (Wildman–Crippen LogP) is -0.634. The number of carbonyl (C=O) groups excluding carboxylic acids is 1. The molecule has 1 unspecified atom stereocenters. The molecule has 0 aromatic carbocycles. The lowest BCUT2D eigenvalue weighted by atomic mass is 9.97. The van der Waals surface area contributed by atoms with Gasteiger partial charge in [-0.05, 0) is 6.42 Å². The van der Waals surface area contributed by atoms with Crippen molar-refractivity contribution in [3.63, 3.8) is 0 Å². The van der Waals surface area contributed by atoms with Gasteiger partial charge in [0.2, 0.25) is 0 Å². The van der Waals surface area contributed by atoms with E-state index in [0.29, 0.717) is 6.54 Å². The van der Waals surface area contributed by atoms with Crippen LogP contribution in [0.15, 0.2) is 0 Å². The molecule has 0 radical (unpaired) electrons. The molecule has 7 nitrogen and oxygen atoms in total. The molecule has 0 aliphatic carbocycles. The van der Waals surface area contributed by atoms with Gasteiger partial charge in [0, 0.05) is 65.2 Å². The number of aliphatic hydroxyl groups excluding tert-OH is 3. The number of hydrogen-bond acceptors (Lipinski definition) is 6. The largest absolute Gasteiger partial charge is 0.394 e. The minimum Gasteiger partial charge on any atom is -0.394 e. The van der Waals surface area contributed by atoms with Crippen LogP contribution in [0.25, 0.3) is 0 Å². The lowest BCUT2D eigenvalue weighted by Gasteiger charge is -2.35. The number of halogens is 2. The normalized spacial score (nSPS) is 31.5. The first-order valence-corrected chi connectivity index (χ1v) is 7.88. The second kappa shape index (κ2) is 8.89. The summed E-state index contributed by atoms with van der Waals surface area (Å²) in [5.74, 6) is -0.460. The van der Waals surface area contributed by atoms with E-state index < -0.39 is 30.3 Å². The van der Waals surface area contributed by atoms with Gasteiger partial charge in [-0.25, -0.2) is 0 Å². The van der Waals surface area contributed by atoms with Crippen LogP contribution < -0.4 is 5.32 Å². The highest BCUT2D eigenvalue weighted by molar-refractivity contribution is 14.2. The first-order valence-electron chi connectivity index (χ1n) is 5.95. The number of carbonyl (C=O) groups is 1. The van der Waals surface area contributed by atoms with Crippen molar-refractivity contribution in [3.8, 4) is 0 Å². The van der Waals surface area contributed by atoms with Crippen molar-refractivity contribution < 1.29 is 24.9 Å². The van der Waals surface area contributed by atoms with Crippen LogP contribution in [0.2, 0.25) is 0 Å². The van der Waals surface area contributed by atoms with Crippen molar-refractivity contribution in [1.82, 2.24) is 6.64 Å². The van der Waals surface area contributed by atoms with Crippen molar-refractivity contribution in [2.75, 3.05) is 19.7 Å². The zero-order chi connectivity index (χ0) is 14.4. The molecule has 1 aliphatic heterocycles. The van der Waals surface area contributed by atoms with E-state index in [1.165, 1.54) is 0 Å². The second-order valence-corrected chi connectivity index (χ2v) is 8.50. The van der Waals surface area contributed by atoms with Crippen LogP contribution in [0, 0.1) is 0 Å². The Labute approximate surface area is 139 Å². The predicted molar refractivity (Wildman–Crippen MR) is 84.8 cm³/mol. The topological polar surface area (TPSA) is 102 Å². The van der Waals surface area contributed by atoms with Crippen molar-refractivity contribution >= 4 is 51.6 Å². The molecule has 1 aliphatic rings. The van der Waals surface area contributed by atoms with E-state index in [0.717, 1.165) is 13.0 Å². The fourth-order valence-electron chi connectivity index (χ4n) is 1.80. The lowest BCUT2D eigenvalue weighted by molar-refractivity contribution is -0.185. The van der Waals surface area contributed by atoms with E-state index in [1.54, 1.807) is 0 Å². The molecule has 0 saturated carbocycles. The zero-order valence-electron chi connectivity index (χ0n) is 10.2. The third-order valence-electron chi connectivity index (χ3n) is 2.81. The highest BCUT2D eigenvalue weighted by Crippen LogP contribution is 2.20. The van der Waals surface area contributed by atoms with Crippen molar-refractivity contribution in [1.29, 1.82) is 0 Å². The van der Waals surface area contributed by atoms with Crippen molar-refractivity contribution in [3.05, 3.63) is 0 Å². The number of nitrogens with zero attached hydrogens (tertiary/aromatic N) is 1. The molecule has 0 aromatic rings. The van der Waals surface area contributed by atoms with Gasteiger partial charge in [0.1, 0.15) is 6.10 Å². The van der Waals surface area contributed by atoms with Crippen LogP contribution in [-0.4, -0.2) is 66.7 Å². The van der Waals surface area contributed by atoms with Gasteiger partial charge in [-0.1, -0.05) is 0 Å². The number of ether oxygens (including phenoxy) is 1. The molecule has 4 N–H and O–H groups in total. The average molecular weight is 500 g/mol. The number of aliphatic hydroxyl groups is 3.